The van der Waals surface area contributed by atoms with E-state index < -0.39 is 0 Å². The van der Waals surface area contributed by atoms with Gasteiger partial charge in [-0.05, 0) is 19.2 Å². The van der Waals surface area contributed by atoms with Crippen LogP contribution in [0.4, 0.5) is 0 Å². The Bertz CT molecular complexity index is 516. The molecule has 3 rings (SSSR count). The van der Waals surface area contributed by atoms with Gasteiger partial charge < -0.3 is 10.0 Å². The molecular formula is C11H14N4O. The van der Waals surface area contributed by atoms with Crippen molar-refractivity contribution in [3.05, 3.63) is 18.2 Å². The van der Waals surface area contributed by atoms with E-state index in [-0.39, 0.29) is 5.75 Å². The van der Waals surface area contributed by atoms with Gasteiger partial charge >= 0.3 is 0 Å². The molecule has 1 aliphatic rings. The number of likely N-dealkylation sites (tertiary alicyclic amines) is 1. The Morgan fingerprint density at radius 3 is 3.00 bits per heavy atom. The maximum atomic E-state index is 9.61. The van der Waals surface area contributed by atoms with Gasteiger partial charge in [-0.2, -0.15) is 0 Å². The molecule has 0 unspecified atom stereocenters. The highest BCUT2D eigenvalue weighted by Gasteiger charge is 2.24. The number of phenols is 1. The third-order valence-corrected chi connectivity index (χ3v) is 3.10. The van der Waals surface area contributed by atoms with Crippen molar-refractivity contribution in [2.45, 2.75) is 6.54 Å². The van der Waals surface area contributed by atoms with Crippen molar-refractivity contribution < 1.29 is 5.11 Å². The molecule has 1 aromatic carbocycles. The van der Waals surface area contributed by atoms with Crippen LogP contribution in [0.3, 0.4) is 0 Å². The summed E-state index contributed by atoms with van der Waals surface area (Å²) in [7, 11) is 2.11. The summed E-state index contributed by atoms with van der Waals surface area (Å²) >= 11 is 0. The minimum Gasteiger partial charge on any atom is -0.506 e. The van der Waals surface area contributed by atoms with Crippen molar-refractivity contribution >= 4 is 11.0 Å². The molecule has 0 atom stereocenters. The molecule has 1 aliphatic heterocycles. The molecule has 5 nitrogen and oxygen atoms in total. The first kappa shape index (κ1) is 9.59. The Balaban J connectivity index is 1.90. The van der Waals surface area contributed by atoms with Gasteiger partial charge in [-0.3, -0.25) is 0 Å². The minimum absolute atomic E-state index is 0.203. The number of phenolic OH excluding ortho intramolecular Hbond substituents is 1. The van der Waals surface area contributed by atoms with Crippen molar-refractivity contribution in [1.82, 2.24) is 19.9 Å². The fraction of sp³-hybridized carbons (Fsp3) is 0.455. The second-order valence-electron chi connectivity index (χ2n) is 4.50. The third kappa shape index (κ3) is 1.44. The number of nitrogens with zero attached hydrogens (tertiary/aromatic N) is 4. The molecule has 1 fully saturated rings. The second kappa shape index (κ2) is 3.45. The monoisotopic (exact) mass is 218 g/mol. The average Bonchev–Trinajstić information content (AvgIpc) is 2.61. The highest BCUT2D eigenvalue weighted by atomic mass is 16.3. The molecule has 0 aliphatic carbocycles. The topological polar surface area (TPSA) is 54.2 Å². The lowest BCUT2D eigenvalue weighted by molar-refractivity contribution is 0.116. The Kier molecular flexibility index (Phi) is 2.07. The van der Waals surface area contributed by atoms with Crippen LogP contribution in [0, 0.1) is 5.92 Å². The van der Waals surface area contributed by atoms with Gasteiger partial charge in [-0.25, -0.2) is 4.68 Å². The molecule has 2 aromatic rings. The summed E-state index contributed by atoms with van der Waals surface area (Å²) in [5.41, 5.74) is 1.50. The maximum absolute atomic E-state index is 9.61. The van der Waals surface area contributed by atoms with Crippen LogP contribution in [-0.4, -0.2) is 45.1 Å². The first-order chi connectivity index (χ1) is 7.74. The molecular weight excluding hydrogens is 204 g/mol. The molecule has 1 aromatic heterocycles. The zero-order chi connectivity index (χ0) is 11.1. The summed E-state index contributed by atoms with van der Waals surface area (Å²) in [5.74, 6) is 0.853. The fourth-order valence-corrected chi connectivity index (χ4v) is 2.30. The molecule has 1 saturated heterocycles. The van der Waals surface area contributed by atoms with Gasteiger partial charge in [0.1, 0.15) is 5.75 Å². The number of fused-ring (bicyclic) bond motifs is 1. The highest BCUT2D eigenvalue weighted by molar-refractivity contribution is 5.80. The first-order valence-electron chi connectivity index (χ1n) is 5.44. The predicted molar refractivity (Wildman–Crippen MR) is 60.2 cm³/mol. The fourth-order valence-electron chi connectivity index (χ4n) is 2.30. The Morgan fingerprint density at radius 1 is 1.44 bits per heavy atom. The van der Waals surface area contributed by atoms with E-state index in [0.29, 0.717) is 11.4 Å². The zero-order valence-electron chi connectivity index (χ0n) is 9.17. The summed E-state index contributed by atoms with van der Waals surface area (Å²) in [6, 6.07) is 5.40. The van der Waals surface area contributed by atoms with Crippen LogP contribution in [0.25, 0.3) is 11.0 Å². The van der Waals surface area contributed by atoms with Gasteiger partial charge in [-0.15, -0.1) is 5.10 Å². The van der Waals surface area contributed by atoms with Crippen molar-refractivity contribution in [3.63, 3.8) is 0 Å². The summed E-state index contributed by atoms with van der Waals surface area (Å²) in [6.07, 6.45) is 0. The summed E-state index contributed by atoms with van der Waals surface area (Å²) in [6.45, 7) is 3.10. The van der Waals surface area contributed by atoms with E-state index in [1.807, 2.05) is 16.8 Å². The molecule has 0 bridgehead atoms. The van der Waals surface area contributed by atoms with Crippen LogP contribution in [0.15, 0.2) is 18.2 Å². The van der Waals surface area contributed by atoms with E-state index in [2.05, 4.69) is 22.3 Å². The standard InChI is InChI=1S/C11H14N4O/c1-14-5-8(6-14)7-15-9-3-2-4-10(16)11(9)12-13-15/h2-4,8,16H,5-7H2,1H3. The summed E-state index contributed by atoms with van der Waals surface area (Å²) in [5, 5.41) is 17.7. The third-order valence-electron chi connectivity index (χ3n) is 3.10. The number of hydrogen-bond donors (Lipinski definition) is 1. The molecule has 0 saturated carbocycles. The van der Waals surface area contributed by atoms with Crippen molar-refractivity contribution in [2.24, 2.45) is 5.92 Å². The Hall–Kier alpha value is -1.62. The highest BCUT2D eigenvalue weighted by Crippen LogP contribution is 2.23. The largest absolute Gasteiger partial charge is 0.506 e. The Labute approximate surface area is 93.3 Å². The predicted octanol–water partition coefficient (Wildman–Crippen LogP) is 0.698. The molecule has 1 N–H and O–H groups in total. The molecule has 0 radical (unpaired) electrons. The van der Waals surface area contributed by atoms with Crippen LogP contribution in [0.5, 0.6) is 5.75 Å². The number of benzene rings is 1. The van der Waals surface area contributed by atoms with Crippen LogP contribution in [0.1, 0.15) is 0 Å². The van der Waals surface area contributed by atoms with Crippen LogP contribution in [0.2, 0.25) is 0 Å². The lowest BCUT2D eigenvalue weighted by atomic mass is 10.0. The van der Waals surface area contributed by atoms with E-state index in [0.717, 1.165) is 25.2 Å². The van der Waals surface area contributed by atoms with E-state index >= 15 is 0 Å². The number of aromatic nitrogens is 3. The van der Waals surface area contributed by atoms with Crippen LogP contribution >= 0.6 is 0 Å². The molecule has 16 heavy (non-hydrogen) atoms. The van der Waals surface area contributed by atoms with Gasteiger partial charge in [0.05, 0.1) is 5.52 Å². The van der Waals surface area contributed by atoms with Gasteiger partial charge in [0, 0.05) is 25.6 Å². The number of hydrogen-bond acceptors (Lipinski definition) is 4. The van der Waals surface area contributed by atoms with Crippen molar-refractivity contribution in [2.75, 3.05) is 20.1 Å². The normalized spacial score (nSPS) is 17.8. The van der Waals surface area contributed by atoms with E-state index in [9.17, 15) is 5.11 Å². The average molecular weight is 218 g/mol. The smallest absolute Gasteiger partial charge is 0.154 e. The first-order valence-corrected chi connectivity index (χ1v) is 5.44. The second-order valence-corrected chi connectivity index (χ2v) is 4.50. The van der Waals surface area contributed by atoms with Crippen LogP contribution < -0.4 is 0 Å². The molecule has 84 valence electrons. The SMILES string of the molecule is CN1CC(Cn2nnc3c(O)cccc32)C1. The Morgan fingerprint density at radius 2 is 2.25 bits per heavy atom. The van der Waals surface area contributed by atoms with Gasteiger partial charge in [0.25, 0.3) is 0 Å². The minimum atomic E-state index is 0.203. The zero-order valence-corrected chi connectivity index (χ0v) is 9.17. The van der Waals surface area contributed by atoms with Crippen molar-refractivity contribution in [3.8, 4) is 5.75 Å². The van der Waals surface area contributed by atoms with E-state index in [1.165, 1.54) is 0 Å². The van der Waals surface area contributed by atoms with Gasteiger partial charge in [0.15, 0.2) is 5.52 Å². The number of aromatic hydroxyl groups is 1. The lowest BCUT2D eigenvalue weighted by Gasteiger charge is -2.35. The van der Waals surface area contributed by atoms with E-state index in [4.69, 9.17) is 0 Å². The quantitative estimate of drug-likeness (QED) is 0.806. The molecule has 2 heterocycles. The van der Waals surface area contributed by atoms with E-state index in [1.54, 1.807) is 6.07 Å². The molecule has 0 amide bonds. The summed E-state index contributed by atoms with van der Waals surface area (Å²) in [4.78, 5) is 2.28. The van der Waals surface area contributed by atoms with Gasteiger partial charge in [0.2, 0.25) is 0 Å². The lowest BCUT2D eigenvalue weighted by Crippen LogP contribution is -2.45. The van der Waals surface area contributed by atoms with Crippen molar-refractivity contribution in [1.29, 1.82) is 0 Å². The molecule has 0 spiro atoms. The maximum Gasteiger partial charge on any atom is 0.154 e. The van der Waals surface area contributed by atoms with Gasteiger partial charge in [-0.1, -0.05) is 11.3 Å². The molecule has 5 heteroatoms. The number of rotatable bonds is 2. The van der Waals surface area contributed by atoms with Crippen LogP contribution in [-0.2, 0) is 6.54 Å². The summed E-state index contributed by atoms with van der Waals surface area (Å²) < 4.78 is 1.88.